The highest BCUT2D eigenvalue weighted by Gasteiger charge is 2.29. The molecule has 0 spiro atoms. The monoisotopic (exact) mass is 541 g/mol. The lowest BCUT2D eigenvalue weighted by molar-refractivity contribution is -0.135. The molecular formula is C24H36ClN5O5S. The third kappa shape index (κ3) is 7.04. The van der Waals surface area contributed by atoms with E-state index >= 15 is 0 Å². The van der Waals surface area contributed by atoms with Crippen LogP contribution in [0, 0.1) is 0 Å². The Balaban J connectivity index is 0.00000361. The summed E-state index contributed by atoms with van der Waals surface area (Å²) in [5, 5.41) is 4.04. The fraction of sp³-hybridized carbons (Fsp3) is 0.625. The molecule has 10 nitrogen and oxygen atoms in total. The number of benzene rings is 1. The van der Waals surface area contributed by atoms with Crippen LogP contribution < -0.4 is 0 Å². The Morgan fingerprint density at radius 2 is 1.64 bits per heavy atom. The minimum absolute atomic E-state index is 0. The Hall–Kier alpha value is -2.05. The summed E-state index contributed by atoms with van der Waals surface area (Å²) in [5.41, 5.74) is 1.08. The Bertz CT molecular complexity index is 1100. The van der Waals surface area contributed by atoms with Gasteiger partial charge in [0.15, 0.2) is 5.82 Å². The number of rotatable bonds is 7. The van der Waals surface area contributed by atoms with Gasteiger partial charge in [-0.2, -0.15) is 9.29 Å². The van der Waals surface area contributed by atoms with E-state index in [4.69, 9.17) is 9.26 Å². The van der Waals surface area contributed by atoms with Gasteiger partial charge in [0.25, 0.3) is 0 Å². The highest BCUT2D eigenvalue weighted by atomic mass is 35.5. The van der Waals surface area contributed by atoms with Gasteiger partial charge >= 0.3 is 0 Å². The van der Waals surface area contributed by atoms with Gasteiger partial charge in [0.1, 0.15) is 0 Å². The second kappa shape index (κ2) is 12.0. The van der Waals surface area contributed by atoms with E-state index in [9.17, 15) is 13.2 Å². The fourth-order valence-corrected chi connectivity index (χ4v) is 5.67. The first-order valence-electron chi connectivity index (χ1n) is 12.1. The number of halogens is 1. The van der Waals surface area contributed by atoms with Crippen LogP contribution >= 0.6 is 12.4 Å². The third-order valence-corrected chi connectivity index (χ3v) is 8.39. The van der Waals surface area contributed by atoms with Crippen molar-refractivity contribution in [1.29, 1.82) is 0 Å². The zero-order valence-electron chi connectivity index (χ0n) is 21.2. The number of morpholine rings is 1. The number of sulfonamides is 1. The number of carbonyl (C=O) groups is 1. The molecule has 1 aromatic carbocycles. The maximum Gasteiger partial charge on any atom is 0.243 e. The SMILES string of the molecule is CC(C)(C)c1ccc(S(=O)(=O)N2CCN(Cc3noc(CCC(=O)N4CCOCC4)n3)CC2)cc1.Cl. The number of ether oxygens (including phenoxy) is 1. The van der Waals surface area contributed by atoms with Crippen LogP contribution in [-0.4, -0.2) is 91.1 Å². The van der Waals surface area contributed by atoms with E-state index in [1.54, 1.807) is 17.0 Å². The minimum Gasteiger partial charge on any atom is -0.378 e. The highest BCUT2D eigenvalue weighted by Crippen LogP contribution is 2.25. The number of aromatic nitrogens is 2. The first kappa shape index (κ1) is 28.5. The average molecular weight is 542 g/mol. The van der Waals surface area contributed by atoms with Crippen LogP contribution in [0.3, 0.4) is 0 Å². The summed E-state index contributed by atoms with van der Waals surface area (Å²) in [6.07, 6.45) is 0.734. The van der Waals surface area contributed by atoms with E-state index in [1.165, 1.54) is 4.31 Å². The molecule has 0 unspecified atom stereocenters. The Labute approximate surface area is 219 Å². The van der Waals surface area contributed by atoms with Crippen LogP contribution in [0.1, 0.15) is 44.5 Å². The molecule has 2 aliphatic heterocycles. The first-order chi connectivity index (χ1) is 16.6. The minimum atomic E-state index is -3.53. The number of piperazine rings is 1. The number of hydrogen-bond acceptors (Lipinski definition) is 8. The lowest BCUT2D eigenvalue weighted by atomic mass is 9.87. The van der Waals surface area contributed by atoms with Gasteiger partial charge < -0.3 is 14.2 Å². The fourth-order valence-electron chi connectivity index (χ4n) is 4.24. The number of amides is 1. The van der Waals surface area contributed by atoms with E-state index in [1.807, 2.05) is 12.1 Å². The standard InChI is InChI=1S/C24H35N5O5S.ClH/c1-24(2,3)19-4-6-20(7-5-19)35(31,32)29-12-10-27(11-13-29)18-21-25-22(34-26-21)8-9-23(30)28-14-16-33-17-15-28;/h4-7H,8-18H2,1-3H3;1H. The van der Waals surface area contributed by atoms with Crippen molar-refractivity contribution in [2.24, 2.45) is 0 Å². The Morgan fingerprint density at radius 3 is 2.25 bits per heavy atom. The number of nitrogens with zero attached hydrogens (tertiary/aromatic N) is 5. The van der Waals surface area contributed by atoms with Gasteiger partial charge in [-0.1, -0.05) is 38.1 Å². The Kier molecular flexibility index (Phi) is 9.50. The van der Waals surface area contributed by atoms with E-state index in [2.05, 4.69) is 35.8 Å². The molecule has 1 amide bonds. The quantitative estimate of drug-likeness (QED) is 0.524. The maximum absolute atomic E-state index is 13.1. The lowest BCUT2D eigenvalue weighted by Crippen LogP contribution is -2.48. The molecule has 36 heavy (non-hydrogen) atoms. The zero-order valence-corrected chi connectivity index (χ0v) is 22.8. The molecule has 4 rings (SSSR count). The third-order valence-electron chi connectivity index (χ3n) is 6.48. The largest absolute Gasteiger partial charge is 0.378 e. The Morgan fingerprint density at radius 1 is 1.00 bits per heavy atom. The molecule has 200 valence electrons. The second-order valence-electron chi connectivity index (χ2n) is 10.1. The molecule has 0 radical (unpaired) electrons. The van der Waals surface area contributed by atoms with Gasteiger partial charge in [0.05, 0.1) is 24.7 Å². The average Bonchev–Trinajstić information content (AvgIpc) is 3.30. The van der Waals surface area contributed by atoms with Crippen molar-refractivity contribution >= 4 is 28.3 Å². The highest BCUT2D eigenvalue weighted by molar-refractivity contribution is 7.89. The van der Waals surface area contributed by atoms with E-state index < -0.39 is 10.0 Å². The molecule has 0 atom stereocenters. The van der Waals surface area contributed by atoms with Crippen LogP contribution in [0.4, 0.5) is 0 Å². The molecule has 2 aliphatic rings. The van der Waals surface area contributed by atoms with Gasteiger partial charge in [-0.15, -0.1) is 12.4 Å². The van der Waals surface area contributed by atoms with Gasteiger partial charge in [-0.3, -0.25) is 9.69 Å². The number of carbonyl (C=O) groups excluding carboxylic acids is 1. The molecule has 2 aromatic rings. The van der Waals surface area contributed by atoms with Crippen LogP contribution in [0.5, 0.6) is 0 Å². The lowest BCUT2D eigenvalue weighted by Gasteiger charge is -2.33. The predicted molar refractivity (Wildman–Crippen MR) is 136 cm³/mol. The summed E-state index contributed by atoms with van der Waals surface area (Å²) in [5.74, 6) is 1.06. The van der Waals surface area contributed by atoms with Crippen molar-refractivity contribution in [3.63, 3.8) is 0 Å². The van der Waals surface area contributed by atoms with Gasteiger partial charge in [0, 0.05) is 52.1 Å². The van der Waals surface area contributed by atoms with Crippen LogP contribution in [0.25, 0.3) is 0 Å². The molecule has 12 heteroatoms. The molecule has 3 heterocycles. The zero-order chi connectivity index (χ0) is 25.1. The molecule has 0 saturated carbocycles. The summed E-state index contributed by atoms with van der Waals surface area (Å²) in [6.45, 7) is 11.2. The summed E-state index contributed by atoms with van der Waals surface area (Å²) >= 11 is 0. The molecule has 0 aliphatic carbocycles. The smallest absolute Gasteiger partial charge is 0.243 e. The normalized spacial score (nSPS) is 18.1. The first-order valence-corrected chi connectivity index (χ1v) is 13.6. The van der Waals surface area contributed by atoms with Crippen molar-refractivity contribution in [1.82, 2.24) is 24.2 Å². The van der Waals surface area contributed by atoms with Crippen LogP contribution in [0.2, 0.25) is 0 Å². The summed E-state index contributed by atoms with van der Waals surface area (Å²) < 4.78 is 38.3. The van der Waals surface area contributed by atoms with Gasteiger partial charge in [-0.25, -0.2) is 8.42 Å². The predicted octanol–water partition coefficient (Wildman–Crippen LogP) is 2.09. The van der Waals surface area contributed by atoms with E-state index in [0.717, 1.165) is 5.56 Å². The molecule has 0 bridgehead atoms. The van der Waals surface area contributed by atoms with E-state index in [-0.39, 0.29) is 23.7 Å². The van der Waals surface area contributed by atoms with Crippen molar-refractivity contribution in [3.8, 4) is 0 Å². The summed E-state index contributed by atoms with van der Waals surface area (Å²) in [7, 11) is -3.53. The number of aryl methyl sites for hydroxylation is 1. The van der Waals surface area contributed by atoms with Crippen molar-refractivity contribution in [2.75, 3.05) is 52.5 Å². The van der Waals surface area contributed by atoms with Crippen molar-refractivity contribution < 1.29 is 22.5 Å². The van der Waals surface area contributed by atoms with Crippen molar-refractivity contribution in [3.05, 3.63) is 41.5 Å². The van der Waals surface area contributed by atoms with Crippen LogP contribution in [0.15, 0.2) is 33.7 Å². The topological polar surface area (TPSA) is 109 Å². The summed E-state index contributed by atoms with van der Waals surface area (Å²) in [6, 6.07) is 7.19. The van der Waals surface area contributed by atoms with Crippen molar-refractivity contribution in [2.45, 2.75) is 50.5 Å². The maximum atomic E-state index is 13.1. The second-order valence-corrected chi connectivity index (χ2v) is 12.0. The molecule has 2 saturated heterocycles. The van der Waals surface area contributed by atoms with Gasteiger partial charge in [-0.05, 0) is 23.1 Å². The number of hydrogen-bond donors (Lipinski definition) is 0. The van der Waals surface area contributed by atoms with E-state index in [0.29, 0.717) is 88.5 Å². The molecule has 0 N–H and O–H groups in total. The molecule has 2 fully saturated rings. The van der Waals surface area contributed by atoms with Gasteiger partial charge in [0.2, 0.25) is 21.8 Å². The summed E-state index contributed by atoms with van der Waals surface area (Å²) in [4.78, 5) is 20.9. The molecule has 1 aromatic heterocycles. The molecular weight excluding hydrogens is 506 g/mol. The van der Waals surface area contributed by atoms with Crippen LogP contribution in [-0.2, 0) is 37.9 Å².